The van der Waals surface area contributed by atoms with Gasteiger partial charge in [-0.3, -0.25) is 0 Å². The highest BCUT2D eigenvalue weighted by Gasteiger charge is 2.23. The summed E-state index contributed by atoms with van der Waals surface area (Å²) < 4.78 is 0. The molecule has 5 nitrogen and oxygen atoms in total. The van der Waals surface area contributed by atoms with Crippen LogP contribution in [0.1, 0.15) is 0 Å². The number of urea groups is 1. The molecule has 10 heavy (non-hydrogen) atoms. The molecule has 0 saturated carbocycles. The van der Waals surface area contributed by atoms with E-state index in [0.717, 1.165) is 0 Å². The predicted octanol–water partition coefficient (Wildman–Crippen LogP) is -1.74. The summed E-state index contributed by atoms with van der Waals surface area (Å²) in [5.74, 6) is 0. The second kappa shape index (κ2) is 2.85. The zero-order valence-corrected chi connectivity index (χ0v) is 5.71. The molecule has 1 saturated heterocycles. The normalized spacial score (nSPS) is 21.0. The summed E-state index contributed by atoms with van der Waals surface area (Å²) in [6.45, 7) is 1.65. The summed E-state index contributed by atoms with van der Waals surface area (Å²) in [6, 6.07) is -0.113. The Kier molecular flexibility index (Phi) is 2.08. The minimum atomic E-state index is -0.331. The number of nitrogens with one attached hydrogen (secondary N) is 1. The molecule has 1 fully saturated rings. The van der Waals surface area contributed by atoms with Crippen LogP contribution in [0.5, 0.6) is 0 Å². The molecule has 0 radical (unpaired) electrons. The van der Waals surface area contributed by atoms with Gasteiger partial charge in [-0.25, -0.2) is 4.79 Å². The van der Waals surface area contributed by atoms with Crippen molar-refractivity contribution in [2.24, 2.45) is 11.5 Å². The van der Waals surface area contributed by atoms with E-state index in [1.165, 1.54) is 4.90 Å². The third-order valence-electron chi connectivity index (χ3n) is 1.53. The average Bonchev–Trinajstić information content (AvgIpc) is 2.34. The topological polar surface area (TPSA) is 84.4 Å². The van der Waals surface area contributed by atoms with Crippen molar-refractivity contribution in [2.45, 2.75) is 6.17 Å². The summed E-state index contributed by atoms with van der Waals surface area (Å²) in [6.07, 6.45) is -0.331. The van der Waals surface area contributed by atoms with Crippen LogP contribution < -0.4 is 16.8 Å². The molecule has 0 aliphatic carbocycles. The van der Waals surface area contributed by atoms with E-state index in [4.69, 9.17) is 11.5 Å². The lowest BCUT2D eigenvalue weighted by atomic mass is 10.4. The lowest BCUT2D eigenvalue weighted by molar-refractivity contribution is 0.201. The van der Waals surface area contributed by atoms with Gasteiger partial charge in [0.15, 0.2) is 0 Å². The van der Waals surface area contributed by atoms with Gasteiger partial charge in [-0.1, -0.05) is 0 Å². The number of rotatable bonds is 2. The van der Waals surface area contributed by atoms with E-state index in [0.29, 0.717) is 19.6 Å². The monoisotopic (exact) mass is 144 g/mol. The van der Waals surface area contributed by atoms with Crippen LogP contribution in [-0.2, 0) is 0 Å². The molecule has 1 heterocycles. The minimum absolute atomic E-state index is 0.113. The van der Waals surface area contributed by atoms with Gasteiger partial charge in [0.25, 0.3) is 0 Å². The van der Waals surface area contributed by atoms with Gasteiger partial charge in [0.05, 0.1) is 6.17 Å². The molecule has 1 aliphatic heterocycles. The van der Waals surface area contributed by atoms with Gasteiger partial charge in [0, 0.05) is 19.6 Å². The summed E-state index contributed by atoms with van der Waals surface area (Å²) in [4.78, 5) is 12.4. The summed E-state index contributed by atoms with van der Waals surface area (Å²) in [5.41, 5.74) is 10.8. The van der Waals surface area contributed by atoms with Gasteiger partial charge in [0.2, 0.25) is 0 Å². The molecule has 5 N–H and O–H groups in total. The molecule has 1 aliphatic rings. The van der Waals surface area contributed by atoms with Crippen molar-refractivity contribution in [2.75, 3.05) is 19.6 Å². The van der Waals surface area contributed by atoms with Gasteiger partial charge >= 0.3 is 6.03 Å². The zero-order valence-electron chi connectivity index (χ0n) is 5.71. The Balaban J connectivity index is 2.46. The highest BCUT2D eigenvalue weighted by atomic mass is 16.2. The van der Waals surface area contributed by atoms with Gasteiger partial charge in [-0.05, 0) is 0 Å². The summed E-state index contributed by atoms with van der Waals surface area (Å²) in [5, 5.41) is 2.64. The Morgan fingerprint density at radius 2 is 2.50 bits per heavy atom. The van der Waals surface area contributed by atoms with Gasteiger partial charge in [0.1, 0.15) is 0 Å². The van der Waals surface area contributed by atoms with Crippen LogP contribution in [0.3, 0.4) is 0 Å². The molecule has 0 aromatic heterocycles. The van der Waals surface area contributed by atoms with Crippen LogP contribution >= 0.6 is 0 Å². The van der Waals surface area contributed by atoms with Crippen LogP contribution in [0.25, 0.3) is 0 Å². The molecule has 0 aromatic rings. The number of carbonyl (C=O) groups excluding carboxylic acids is 1. The maximum absolute atomic E-state index is 10.9. The molecule has 5 heteroatoms. The third kappa shape index (κ3) is 1.19. The van der Waals surface area contributed by atoms with Crippen molar-refractivity contribution in [1.29, 1.82) is 0 Å². The van der Waals surface area contributed by atoms with Gasteiger partial charge in [-0.15, -0.1) is 0 Å². The summed E-state index contributed by atoms with van der Waals surface area (Å²) in [7, 11) is 0. The fraction of sp³-hybridized carbons (Fsp3) is 0.800. The second-order valence-corrected chi connectivity index (χ2v) is 2.23. The van der Waals surface area contributed by atoms with Crippen LogP contribution in [0, 0.1) is 0 Å². The summed E-state index contributed by atoms with van der Waals surface area (Å²) >= 11 is 0. The van der Waals surface area contributed by atoms with Crippen LogP contribution in [0.2, 0.25) is 0 Å². The Morgan fingerprint density at radius 3 is 2.90 bits per heavy atom. The van der Waals surface area contributed by atoms with Crippen LogP contribution in [0.4, 0.5) is 4.79 Å². The Bertz CT molecular complexity index is 138. The zero-order chi connectivity index (χ0) is 7.56. The molecule has 0 unspecified atom stereocenters. The molecular weight excluding hydrogens is 132 g/mol. The first-order valence-electron chi connectivity index (χ1n) is 3.26. The van der Waals surface area contributed by atoms with E-state index >= 15 is 0 Å². The van der Waals surface area contributed by atoms with Crippen molar-refractivity contribution in [1.82, 2.24) is 10.2 Å². The molecule has 1 rings (SSSR count). The number of amides is 2. The maximum Gasteiger partial charge on any atom is 0.318 e. The lowest BCUT2D eigenvalue weighted by Gasteiger charge is -2.20. The lowest BCUT2D eigenvalue weighted by Crippen LogP contribution is -2.48. The molecule has 1 atom stereocenters. The third-order valence-corrected chi connectivity index (χ3v) is 1.53. The van der Waals surface area contributed by atoms with Crippen molar-refractivity contribution in [3.63, 3.8) is 0 Å². The molecule has 58 valence electrons. The maximum atomic E-state index is 10.9. The molecule has 0 aromatic carbocycles. The first-order valence-corrected chi connectivity index (χ1v) is 3.26. The Hall–Kier alpha value is -0.810. The number of hydrogen-bond acceptors (Lipinski definition) is 3. The first kappa shape index (κ1) is 7.30. The first-order chi connectivity index (χ1) is 4.75. The fourth-order valence-corrected chi connectivity index (χ4v) is 0.930. The fourth-order valence-electron chi connectivity index (χ4n) is 0.930. The van der Waals surface area contributed by atoms with Gasteiger partial charge in [-0.2, -0.15) is 0 Å². The number of hydrogen-bond donors (Lipinski definition) is 3. The average molecular weight is 144 g/mol. The predicted molar refractivity (Wildman–Crippen MR) is 37.1 cm³/mol. The van der Waals surface area contributed by atoms with E-state index in [1.54, 1.807) is 0 Å². The van der Waals surface area contributed by atoms with E-state index < -0.39 is 0 Å². The second-order valence-electron chi connectivity index (χ2n) is 2.23. The number of nitrogens with zero attached hydrogens (tertiary/aromatic N) is 1. The minimum Gasteiger partial charge on any atom is -0.336 e. The quantitative estimate of drug-likeness (QED) is 0.430. The van der Waals surface area contributed by atoms with E-state index in [1.807, 2.05) is 0 Å². The molecule has 0 bridgehead atoms. The number of carbonyl (C=O) groups is 1. The van der Waals surface area contributed by atoms with E-state index in [-0.39, 0.29) is 12.2 Å². The van der Waals surface area contributed by atoms with Crippen molar-refractivity contribution < 1.29 is 4.79 Å². The van der Waals surface area contributed by atoms with Crippen molar-refractivity contribution >= 4 is 6.03 Å². The Morgan fingerprint density at radius 1 is 1.80 bits per heavy atom. The largest absolute Gasteiger partial charge is 0.336 e. The highest BCUT2D eigenvalue weighted by Crippen LogP contribution is 1.97. The molecular formula is C5H12N4O. The Labute approximate surface area is 59.3 Å². The van der Waals surface area contributed by atoms with E-state index in [2.05, 4.69) is 5.32 Å². The van der Waals surface area contributed by atoms with Crippen molar-refractivity contribution in [3.05, 3.63) is 0 Å². The van der Waals surface area contributed by atoms with Crippen LogP contribution in [0.15, 0.2) is 0 Å². The molecule has 0 spiro atoms. The smallest absolute Gasteiger partial charge is 0.318 e. The van der Waals surface area contributed by atoms with Gasteiger partial charge < -0.3 is 21.7 Å². The molecule has 2 amide bonds. The van der Waals surface area contributed by atoms with E-state index in [9.17, 15) is 4.79 Å². The van der Waals surface area contributed by atoms with Crippen molar-refractivity contribution in [3.8, 4) is 0 Å². The standard InChI is InChI=1S/C5H12N4O/c6-3-4(7)9-2-1-8-5(9)10/h4H,1-3,6-7H2,(H,8,10)/t4-/m1/s1. The highest BCUT2D eigenvalue weighted by molar-refractivity contribution is 5.76. The number of nitrogens with two attached hydrogens (primary N) is 2. The van der Waals surface area contributed by atoms with Crippen LogP contribution in [-0.4, -0.2) is 36.7 Å². The SMILES string of the molecule is NC[C@H](N)N1CCNC1=O.